The van der Waals surface area contributed by atoms with Crippen LogP contribution in [0.2, 0.25) is 0 Å². The standard InChI is InChI=1S/C22H15N7O/c1-14-6-5-9-16(10-14)30-21-18-11-23-20-17(19(18)29-22(27-21)24-13-26-29)12-25-28(20)15-7-3-2-4-8-15/h2-13H,1H3. The molecule has 0 aliphatic carbocycles. The summed E-state index contributed by atoms with van der Waals surface area (Å²) in [5, 5.41) is 10.5. The third kappa shape index (κ3) is 2.51. The van der Waals surface area contributed by atoms with Gasteiger partial charge >= 0.3 is 0 Å². The fourth-order valence-corrected chi connectivity index (χ4v) is 3.60. The van der Waals surface area contributed by atoms with Crippen LogP contribution in [0, 0.1) is 6.92 Å². The van der Waals surface area contributed by atoms with Gasteiger partial charge in [0, 0.05) is 6.20 Å². The Morgan fingerprint density at radius 3 is 2.63 bits per heavy atom. The minimum atomic E-state index is 0.429. The summed E-state index contributed by atoms with van der Waals surface area (Å²) in [7, 11) is 0. The van der Waals surface area contributed by atoms with E-state index in [9.17, 15) is 0 Å². The zero-order valence-corrected chi connectivity index (χ0v) is 16.0. The molecular formula is C22H15N7O. The Labute approximate surface area is 170 Å². The lowest BCUT2D eigenvalue weighted by molar-refractivity contribution is 0.469. The predicted molar refractivity (Wildman–Crippen MR) is 112 cm³/mol. The lowest BCUT2D eigenvalue weighted by Gasteiger charge is -2.10. The van der Waals surface area contributed by atoms with Gasteiger partial charge in [-0.15, -0.1) is 0 Å². The smallest absolute Gasteiger partial charge is 0.256 e. The van der Waals surface area contributed by atoms with E-state index in [-0.39, 0.29) is 0 Å². The third-order valence-corrected chi connectivity index (χ3v) is 4.95. The van der Waals surface area contributed by atoms with Crippen molar-refractivity contribution >= 4 is 27.7 Å². The van der Waals surface area contributed by atoms with Crippen molar-refractivity contribution in [2.45, 2.75) is 6.92 Å². The zero-order valence-electron chi connectivity index (χ0n) is 16.0. The fraction of sp³-hybridized carbons (Fsp3) is 0.0455. The molecule has 30 heavy (non-hydrogen) atoms. The number of aryl methyl sites for hydroxylation is 1. The van der Waals surface area contributed by atoms with Crippen LogP contribution in [0.15, 0.2) is 73.3 Å². The molecule has 6 aromatic rings. The van der Waals surface area contributed by atoms with Crippen LogP contribution in [0.25, 0.3) is 33.4 Å². The number of hydrogen-bond acceptors (Lipinski definition) is 6. The molecule has 0 atom stereocenters. The second-order valence-electron chi connectivity index (χ2n) is 6.96. The first kappa shape index (κ1) is 16.6. The monoisotopic (exact) mass is 393 g/mol. The van der Waals surface area contributed by atoms with Crippen LogP contribution in [0.3, 0.4) is 0 Å². The molecule has 0 saturated carbocycles. The van der Waals surface area contributed by atoms with Crippen LogP contribution in [0.5, 0.6) is 11.6 Å². The van der Waals surface area contributed by atoms with E-state index in [4.69, 9.17) is 4.74 Å². The van der Waals surface area contributed by atoms with Gasteiger partial charge in [-0.25, -0.2) is 9.67 Å². The van der Waals surface area contributed by atoms with Gasteiger partial charge in [-0.2, -0.15) is 24.7 Å². The van der Waals surface area contributed by atoms with Crippen LogP contribution in [-0.2, 0) is 0 Å². The highest BCUT2D eigenvalue weighted by Gasteiger charge is 2.18. The van der Waals surface area contributed by atoms with Crippen molar-refractivity contribution in [3.8, 4) is 17.3 Å². The highest BCUT2D eigenvalue weighted by atomic mass is 16.5. The van der Waals surface area contributed by atoms with E-state index in [1.54, 1.807) is 21.6 Å². The first-order valence-electron chi connectivity index (χ1n) is 9.44. The number of nitrogens with zero attached hydrogens (tertiary/aromatic N) is 7. The molecule has 0 radical (unpaired) electrons. The number of hydrogen-bond donors (Lipinski definition) is 0. The number of ether oxygens (including phenoxy) is 1. The highest BCUT2D eigenvalue weighted by Crippen LogP contribution is 2.32. The van der Waals surface area contributed by atoms with Crippen molar-refractivity contribution in [3.63, 3.8) is 0 Å². The molecule has 0 fully saturated rings. The Balaban J connectivity index is 1.63. The van der Waals surface area contributed by atoms with E-state index in [1.807, 2.05) is 61.5 Å². The number of aromatic nitrogens is 7. The molecule has 2 aromatic carbocycles. The van der Waals surface area contributed by atoms with Crippen molar-refractivity contribution in [2.24, 2.45) is 0 Å². The summed E-state index contributed by atoms with van der Waals surface area (Å²) >= 11 is 0. The van der Waals surface area contributed by atoms with E-state index in [1.165, 1.54) is 6.33 Å². The Morgan fingerprint density at radius 2 is 1.77 bits per heavy atom. The second-order valence-corrected chi connectivity index (χ2v) is 6.96. The van der Waals surface area contributed by atoms with Gasteiger partial charge in [0.1, 0.15) is 12.1 Å². The first-order valence-corrected chi connectivity index (χ1v) is 9.44. The Kier molecular flexibility index (Phi) is 3.51. The molecule has 144 valence electrons. The van der Waals surface area contributed by atoms with Crippen LogP contribution < -0.4 is 4.74 Å². The number of rotatable bonds is 3. The van der Waals surface area contributed by atoms with Gasteiger partial charge in [-0.3, -0.25) is 0 Å². The summed E-state index contributed by atoms with van der Waals surface area (Å²) in [4.78, 5) is 13.5. The van der Waals surface area contributed by atoms with Crippen LogP contribution in [-0.4, -0.2) is 34.3 Å². The molecule has 0 aliphatic heterocycles. The van der Waals surface area contributed by atoms with Crippen LogP contribution in [0.4, 0.5) is 0 Å². The molecule has 0 unspecified atom stereocenters. The largest absolute Gasteiger partial charge is 0.438 e. The van der Waals surface area contributed by atoms with Crippen molar-refractivity contribution in [2.75, 3.05) is 0 Å². The number of pyridine rings is 1. The minimum absolute atomic E-state index is 0.429. The summed E-state index contributed by atoms with van der Waals surface area (Å²) in [6, 6.07) is 17.7. The Bertz CT molecular complexity index is 1540. The van der Waals surface area contributed by atoms with E-state index in [2.05, 4.69) is 25.1 Å². The number of fused-ring (bicyclic) bond motifs is 5. The minimum Gasteiger partial charge on any atom is -0.438 e. The van der Waals surface area contributed by atoms with E-state index in [0.29, 0.717) is 17.4 Å². The van der Waals surface area contributed by atoms with Gasteiger partial charge in [0.2, 0.25) is 5.88 Å². The van der Waals surface area contributed by atoms with E-state index in [0.717, 1.165) is 33.2 Å². The third-order valence-electron chi connectivity index (χ3n) is 4.95. The second kappa shape index (κ2) is 6.35. The maximum atomic E-state index is 6.13. The summed E-state index contributed by atoms with van der Waals surface area (Å²) in [5.41, 5.74) is 3.55. The topological polar surface area (TPSA) is 83.0 Å². The molecule has 0 bridgehead atoms. The molecule has 0 spiro atoms. The van der Waals surface area contributed by atoms with E-state index < -0.39 is 0 Å². The predicted octanol–water partition coefficient (Wildman–Crippen LogP) is 4.11. The van der Waals surface area contributed by atoms with Gasteiger partial charge in [0.05, 0.1) is 28.2 Å². The van der Waals surface area contributed by atoms with Crippen LogP contribution >= 0.6 is 0 Å². The molecule has 4 heterocycles. The van der Waals surface area contributed by atoms with Crippen molar-refractivity contribution in [1.82, 2.24) is 34.3 Å². The maximum Gasteiger partial charge on any atom is 0.256 e. The van der Waals surface area contributed by atoms with Gasteiger partial charge < -0.3 is 4.74 Å². The van der Waals surface area contributed by atoms with Crippen molar-refractivity contribution < 1.29 is 4.74 Å². The summed E-state index contributed by atoms with van der Waals surface area (Å²) in [5.74, 6) is 1.58. The van der Waals surface area contributed by atoms with E-state index >= 15 is 0 Å². The Morgan fingerprint density at radius 1 is 0.867 bits per heavy atom. The molecule has 0 aliphatic rings. The fourth-order valence-electron chi connectivity index (χ4n) is 3.60. The quantitative estimate of drug-likeness (QED) is 0.450. The van der Waals surface area contributed by atoms with Gasteiger partial charge in [0.25, 0.3) is 5.78 Å². The average molecular weight is 393 g/mol. The maximum absolute atomic E-state index is 6.13. The molecular weight excluding hydrogens is 378 g/mol. The van der Waals surface area contributed by atoms with Gasteiger partial charge in [-0.05, 0) is 36.8 Å². The molecule has 0 amide bonds. The molecule has 8 heteroatoms. The molecule has 6 rings (SSSR count). The average Bonchev–Trinajstić information content (AvgIpc) is 3.41. The van der Waals surface area contributed by atoms with Crippen LogP contribution in [0.1, 0.15) is 5.56 Å². The van der Waals surface area contributed by atoms with Gasteiger partial charge in [-0.1, -0.05) is 30.3 Å². The lowest BCUT2D eigenvalue weighted by Crippen LogP contribution is -2.01. The normalized spacial score (nSPS) is 11.5. The summed E-state index contributed by atoms with van der Waals surface area (Å²) in [6.07, 6.45) is 5.01. The summed E-state index contributed by atoms with van der Waals surface area (Å²) in [6.45, 7) is 2.02. The Hall–Kier alpha value is -4.33. The summed E-state index contributed by atoms with van der Waals surface area (Å²) < 4.78 is 9.63. The number of para-hydroxylation sites is 1. The van der Waals surface area contributed by atoms with Gasteiger partial charge in [0.15, 0.2) is 5.65 Å². The van der Waals surface area contributed by atoms with Crippen molar-refractivity contribution in [1.29, 1.82) is 0 Å². The molecule has 4 aromatic heterocycles. The SMILES string of the molecule is Cc1cccc(Oc2nc3ncnn3c3c2cnc2c3cnn2-c2ccccc2)c1. The molecule has 0 saturated heterocycles. The highest BCUT2D eigenvalue weighted by molar-refractivity contribution is 6.04. The lowest BCUT2D eigenvalue weighted by atomic mass is 10.2. The first-order chi connectivity index (χ1) is 14.8. The van der Waals surface area contributed by atoms with Crippen molar-refractivity contribution in [3.05, 3.63) is 78.9 Å². The zero-order chi connectivity index (χ0) is 20.1. The molecule has 0 N–H and O–H groups in total. The molecule has 8 nitrogen and oxygen atoms in total. The number of benzene rings is 2.